The van der Waals surface area contributed by atoms with Gasteiger partial charge in [-0.2, -0.15) is 5.10 Å². The van der Waals surface area contributed by atoms with Gasteiger partial charge in [0.15, 0.2) is 0 Å². The quantitative estimate of drug-likeness (QED) is 0.352. The Kier molecular flexibility index (Phi) is 7.34. The van der Waals surface area contributed by atoms with Crippen molar-refractivity contribution in [1.82, 2.24) is 10.7 Å². The molecule has 0 unspecified atom stereocenters. The molecule has 0 bridgehead atoms. The van der Waals surface area contributed by atoms with Crippen LogP contribution in [-0.2, 0) is 22.6 Å². The van der Waals surface area contributed by atoms with Crippen molar-refractivity contribution in [3.63, 3.8) is 0 Å². The van der Waals surface area contributed by atoms with Crippen LogP contribution in [0.2, 0.25) is 0 Å². The first-order valence-electron chi connectivity index (χ1n) is 9.49. The molecule has 3 rings (SSSR count). The molecule has 148 valence electrons. The van der Waals surface area contributed by atoms with Gasteiger partial charge in [0.1, 0.15) is 5.76 Å². The molecule has 0 aliphatic carbocycles. The van der Waals surface area contributed by atoms with Crippen LogP contribution in [-0.4, -0.2) is 17.5 Å². The largest absolute Gasteiger partial charge is 0.467 e. The Morgan fingerprint density at radius 3 is 2.28 bits per heavy atom. The second-order valence-corrected chi connectivity index (χ2v) is 6.47. The summed E-state index contributed by atoms with van der Waals surface area (Å²) in [5, 5.41) is 6.72. The molecule has 2 amide bonds. The number of furan rings is 1. The zero-order valence-electron chi connectivity index (χ0n) is 16.0. The summed E-state index contributed by atoms with van der Waals surface area (Å²) >= 11 is 0. The van der Waals surface area contributed by atoms with Gasteiger partial charge in [0.2, 0.25) is 0 Å². The predicted molar refractivity (Wildman–Crippen MR) is 111 cm³/mol. The molecule has 0 radical (unpaired) electrons. The zero-order chi connectivity index (χ0) is 20.3. The fraction of sp³-hybridized carbons (Fsp3) is 0.174. The smallest absolute Gasteiger partial charge is 0.329 e. The third-order valence-corrected chi connectivity index (χ3v) is 4.33. The normalized spacial score (nSPS) is 11.1. The minimum atomic E-state index is -0.812. The predicted octanol–water partition coefficient (Wildman–Crippen LogP) is 3.44. The van der Waals surface area contributed by atoms with E-state index in [9.17, 15) is 9.59 Å². The summed E-state index contributed by atoms with van der Waals surface area (Å²) in [4.78, 5) is 24.0. The van der Waals surface area contributed by atoms with Crippen LogP contribution in [0.5, 0.6) is 0 Å². The lowest BCUT2D eigenvalue weighted by Crippen LogP contribution is -2.37. The maximum atomic E-state index is 12.1. The van der Waals surface area contributed by atoms with Gasteiger partial charge in [-0.25, -0.2) is 5.43 Å². The molecule has 0 spiro atoms. The van der Waals surface area contributed by atoms with Crippen LogP contribution in [0, 0.1) is 0 Å². The van der Waals surface area contributed by atoms with Crippen LogP contribution in [0.4, 0.5) is 0 Å². The molecular weight excluding hydrogens is 366 g/mol. The first-order valence-corrected chi connectivity index (χ1v) is 9.49. The number of amides is 2. The molecule has 3 aromatic rings. The highest BCUT2D eigenvalue weighted by atomic mass is 16.3. The van der Waals surface area contributed by atoms with Gasteiger partial charge in [0, 0.05) is 0 Å². The maximum Gasteiger partial charge on any atom is 0.329 e. The molecule has 0 aliphatic rings. The zero-order valence-corrected chi connectivity index (χ0v) is 16.0. The molecule has 0 saturated carbocycles. The number of benzene rings is 2. The first-order chi connectivity index (χ1) is 14.2. The Hall–Kier alpha value is -3.67. The Labute approximate surface area is 169 Å². The van der Waals surface area contributed by atoms with Crippen molar-refractivity contribution in [2.24, 2.45) is 5.10 Å². The fourth-order valence-electron chi connectivity index (χ4n) is 2.83. The molecule has 29 heavy (non-hydrogen) atoms. The number of hydrazone groups is 1. The van der Waals surface area contributed by atoms with Gasteiger partial charge in [-0.3, -0.25) is 9.59 Å². The summed E-state index contributed by atoms with van der Waals surface area (Å²) in [6.45, 7) is 0.144. The van der Waals surface area contributed by atoms with Gasteiger partial charge in [0.25, 0.3) is 0 Å². The van der Waals surface area contributed by atoms with Crippen molar-refractivity contribution in [2.45, 2.75) is 25.8 Å². The SMILES string of the molecule is O=C(NCc1ccco1)C(=O)N/N=C(\CCCc1ccccc1)c1ccccc1. The van der Waals surface area contributed by atoms with Crippen LogP contribution in [0.25, 0.3) is 0 Å². The molecule has 1 aromatic heterocycles. The van der Waals surface area contributed by atoms with Crippen molar-refractivity contribution >= 4 is 17.5 Å². The van der Waals surface area contributed by atoms with Crippen LogP contribution >= 0.6 is 0 Å². The average molecular weight is 389 g/mol. The maximum absolute atomic E-state index is 12.1. The van der Waals surface area contributed by atoms with Gasteiger partial charge < -0.3 is 9.73 Å². The summed E-state index contributed by atoms with van der Waals surface area (Å²) < 4.78 is 5.13. The van der Waals surface area contributed by atoms with Crippen molar-refractivity contribution in [3.05, 3.63) is 95.9 Å². The molecule has 6 heteroatoms. The van der Waals surface area contributed by atoms with Gasteiger partial charge >= 0.3 is 11.8 Å². The van der Waals surface area contributed by atoms with Gasteiger partial charge in [-0.15, -0.1) is 0 Å². The van der Waals surface area contributed by atoms with Crippen molar-refractivity contribution in [3.8, 4) is 0 Å². The number of nitrogens with zero attached hydrogens (tertiary/aromatic N) is 1. The van der Waals surface area contributed by atoms with E-state index in [0.717, 1.165) is 24.1 Å². The molecule has 2 aromatic carbocycles. The van der Waals surface area contributed by atoms with E-state index in [4.69, 9.17) is 4.42 Å². The second kappa shape index (κ2) is 10.6. The molecule has 0 fully saturated rings. The Balaban J connectivity index is 1.58. The molecule has 0 atom stereocenters. The van der Waals surface area contributed by atoms with Crippen molar-refractivity contribution < 1.29 is 14.0 Å². The van der Waals surface area contributed by atoms with Gasteiger partial charge in [-0.1, -0.05) is 60.7 Å². The lowest BCUT2D eigenvalue weighted by molar-refractivity contribution is -0.139. The van der Waals surface area contributed by atoms with E-state index >= 15 is 0 Å². The molecule has 0 saturated heterocycles. The molecule has 1 heterocycles. The number of hydrogen-bond donors (Lipinski definition) is 2. The monoisotopic (exact) mass is 389 g/mol. The van der Waals surface area contributed by atoms with E-state index in [1.807, 2.05) is 48.5 Å². The number of rotatable bonds is 8. The van der Waals surface area contributed by atoms with E-state index in [1.54, 1.807) is 12.1 Å². The van der Waals surface area contributed by atoms with E-state index in [0.29, 0.717) is 12.2 Å². The number of carbonyl (C=O) groups excluding carboxylic acids is 2. The van der Waals surface area contributed by atoms with E-state index in [-0.39, 0.29) is 6.54 Å². The summed E-state index contributed by atoms with van der Waals surface area (Å²) in [5.74, 6) is -1.00. The Morgan fingerprint density at radius 2 is 1.59 bits per heavy atom. The van der Waals surface area contributed by atoms with Crippen LogP contribution in [0.3, 0.4) is 0 Å². The van der Waals surface area contributed by atoms with Gasteiger partial charge in [0.05, 0.1) is 18.5 Å². The third kappa shape index (κ3) is 6.46. The minimum Gasteiger partial charge on any atom is -0.467 e. The minimum absolute atomic E-state index is 0.144. The lowest BCUT2D eigenvalue weighted by Gasteiger charge is -2.08. The summed E-state index contributed by atoms with van der Waals surface area (Å²) in [6, 6.07) is 23.3. The van der Waals surface area contributed by atoms with Crippen LogP contribution in [0.1, 0.15) is 29.7 Å². The highest BCUT2D eigenvalue weighted by Gasteiger charge is 2.14. The summed E-state index contributed by atoms with van der Waals surface area (Å²) in [7, 11) is 0. The lowest BCUT2D eigenvalue weighted by atomic mass is 10.0. The molecule has 6 nitrogen and oxygen atoms in total. The number of hydrogen-bond acceptors (Lipinski definition) is 4. The van der Waals surface area contributed by atoms with Crippen molar-refractivity contribution in [2.75, 3.05) is 0 Å². The topological polar surface area (TPSA) is 83.7 Å². The standard InChI is InChI=1S/C23H23N3O3/c27-22(24-17-20-14-8-16-29-20)23(28)26-25-21(19-12-5-2-6-13-19)15-7-11-18-9-3-1-4-10-18/h1-6,8-10,12-14,16H,7,11,15,17H2,(H,24,27)(H,26,28)/b25-21+. The van der Waals surface area contributed by atoms with Crippen LogP contribution in [0.15, 0.2) is 88.6 Å². The number of nitrogens with one attached hydrogen (secondary N) is 2. The van der Waals surface area contributed by atoms with Crippen LogP contribution < -0.4 is 10.7 Å². The summed E-state index contributed by atoms with van der Waals surface area (Å²) in [6.07, 6.45) is 3.96. The molecular formula is C23H23N3O3. The number of aryl methyl sites for hydroxylation is 1. The Bertz CT molecular complexity index is 936. The average Bonchev–Trinajstić information content (AvgIpc) is 3.29. The van der Waals surface area contributed by atoms with Crippen molar-refractivity contribution in [1.29, 1.82) is 0 Å². The Morgan fingerprint density at radius 1 is 0.862 bits per heavy atom. The highest BCUT2D eigenvalue weighted by molar-refractivity contribution is 6.35. The first kappa shape index (κ1) is 20.1. The van der Waals surface area contributed by atoms with Gasteiger partial charge in [-0.05, 0) is 42.5 Å². The molecule has 0 aliphatic heterocycles. The molecule has 2 N–H and O–H groups in total. The van der Waals surface area contributed by atoms with E-state index < -0.39 is 11.8 Å². The fourth-order valence-corrected chi connectivity index (χ4v) is 2.83. The van der Waals surface area contributed by atoms with E-state index in [2.05, 4.69) is 28.0 Å². The second-order valence-electron chi connectivity index (χ2n) is 6.47. The highest BCUT2D eigenvalue weighted by Crippen LogP contribution is 2.10. The third-order valence-electron chi connectivity index (χ3n) is 4.33. The summed E-state index contributed by atoms with van der Waals surface area (Å²) in [5.41, 5.74) is 5.26. The number of carbonyl (C=O) groups is 2. The van der Waals surface area contributed by atoms with E-state index in [1.165, 1.54) is 11.8 Å².